The second kappa shape index (κ2) is 11.2. The van der Waals surface area contributed by atoms with Gasteiger partial charge in [-0.1, -0.05) is 52.3 Å². The Hall–Kier alpha value is -2.73. The summed E-state index contributed by atoms with van der Waals surface area (Å²) in [7, 11) is 5.70. The van der Waals surface area contributed by atoms with E-state index in [4.69, 9.17) is 4.74 Å². The first-order valence-corrected chi connectivity index (χ1v) is 14.1. The van der Waals surface area contributed by atoms with E-state index in [9.17, 15) is 9.50 Å². The van der Waals surface area contributed by atoms with E-state index >= 15 is 0 Å². The minimum Gasteiger partial charge on any atom is -0.496 e. The van der Waals surface area contributed by atoms with Crippen LogP contribution in [0.2, 0.25) is 0 Å². The SMILES string of the molecule is COc1cc2ccc(Br)cc2cc1[C@@H](c1cccc(F)c1)[C@@](O)(CCN(C)C)c1cccc2c1CCCC2. The van der Waals surface area contributed by atoms with Gasteiger partial charge in [0.15, 0.2) is 0 Å². The van der Waals surface area contributed by atoms with Crippen LogP contribution in [0, 0.1) is 5.82 Å². The Bertz CT molecular complexity index is 1450. The molecule has 1 aliphatic carbocycles. The maximum atomic E-state index is 14.8. The van der Waals surface area contributed by atoms with E-state index < -0.39 is 11.5 Å². The lowest BCUT2D eigenvalue weighted by atomic mass is 9.68. The number of ether oxygens (including phenoxy) is 1. The van der Waals surface area contributed by atoms with Crippen molar-refractivity contribution in [1.29, 1.82) is 0 Å². The van der Waals surface area contributed by atoms with Crippen LogP contribution in [0.15, 0.2) is 77.3 Å². The van der Waals surface area contributed by atoms with Crippen molar-refractivity contribution < 1.29 is 14.2 Å². The van der Waals surface area contributed by atoms with Crippen molar-refractivity contribution in [3.63, 3.8) is 0 Å². The van der Waals surface area contributed by atoms with Crippen LogP contribution in [0.25, 0.3) is 10.8 Å². The molecule has 3 nitrogen and oxygen atoms in total. The molecule has 0 amide bonds. The summed E-state index contributed by atoms with van der Waals surface area (Å²) in [4.78, 5) is 2.09. The van der Waals surface area contributed by atoms with Crippen LogP contribution in [0.5, 0.6) is 5.75 Å². The van der Waals surface area contributed by atoms with E-state index in [-0.39, 0.29) is 5.82 Å². The number of rotatable bonds is 8. The Balaban J connectivity index is 1.82. The van der Waals surface area contributed by atoms with Crippen molar-refractivity contribution in [1.82, 2.24) is 4.90 Å². The molecule has 1 aliphatic rings. The number of aliphatic hydroxyl groups is 1. The lowest BCUT2D eigenvalue weighted by Gasteiger charge is -2.41. The van der Waals surface area contributed by atoms with Gasteiger partial charge < -0.3 is 14.7 Å². The summed E-state index contributed by atoms with van der Waals surface area (Å²) in [6.07, 6.45) is 4.70. The topological polar surface area (TPSA) is 32.7 Å². The van der Waals surface area contributed by atoms with Gasteiger partial charge in [-0.25, -0.2) is 4.39 Å². The molecule has 4 aromatic carbocycles. The standard InChI is InChI=1S/C33H35BrFNO2/c1-36(2)17-16-33(37,30-13-7-9-22-8-4-5-12-28(22)30)32(24-10-6-11-27(35)19-24)29-20-25-18-26(34)15-14-23(25)21-31(29)38-3/h6-7,9-11,13-15,18-21,32,37H,4-5,8,12,16-17H2,1-3H3/t32-,33-/m1/s1. The van der Waals surface area contributed by atoms with Crippen LogP contribution in [-0.2, 0) is 18.4 Å². The highest BCUT2D eigenvalue weighted by molar-refractivity contribution is 9.10. The van der Waals surface area contributed by atoms with E-state index in [1.54, 1.807) is 19.2 Å². The van der Waals surface area contributed by atoms with E-state index in [1.807, 2.05) is 32.3 Å². The molecule has 0 fully saturated rings. The average Bonchev–Trinajstić information content (AvgIpc) is 2.91. The molecule has 0 aromatic heterocycles. The van der Waals surface area contributed by atoms with Gasteiger partial charge in [0.2, 0.25) is 0 Å². The molecule has 0 heterocycles. The monoisotopic (exact) mass is 575 g/mol. The number of methoxy groups -OCH3 is 1. The smallest absolute Gasteiger partial charge is 0.123 e. The Morgan fingerprint density at radius 1 is 0.974 bits per heavy atom. The number of aryl methyl sites for hydroxylation is 1. The van der Waals surface area contributed by atoms with Gasteiger partial charge in [-0.2, -0.15) is 0 Å². The van der Waals surface area contributed by atoms with Crippen LogP contribution in [0.1, 0.15) is 53.0 Å². The molecular weight excluding hydrogens is 541 g/mol. The molecule has 0 saturated heterocycles. The quantitative estimate of drug-likeness (QED) is 0.235. The molecule has 5 rings (SSSR count). The van der Waals surface area contributed by atoms with Crippen molar-refractivity contribution in [2.45, 2.75) is 43.6 Å². The molecule has 0 spiro atoms. The summed E-state index contributed by atoms with van der Waals surface area (Å²) in [5, 5.41) is 15.1. The number of hydrogen-bond donors (Lipinski definition) is 1. The van der Waals surface area contributed by atoms with Crippen molar-refractivity contribution in [3.8, 4) is 5.75 Å². The lowest BCUT2D eigenvalue weighted by Crippen LogP contribution is -2.39. The van der Waals surface area contributed by atoms with Crippen LogP contribution < -0.4 is 4.74 Å². The van der Waals surface area contributed by atoms with Gasteiger partial charge in [0, 0.05) is 22.5 Å². The van der Waals surface area contributed by atoms with Crippen molar-refractivity contribution in [2.75, 3.05) is 27.7 Å². The van der Waals surface area contributed by atoms with Gasteiger partial charge in [-0.05, 0) is 116 Å². The highest BCUT2D eigenvalue weighted by Crippen LogP contribution is 2.50. The fourth-order valence-electron chi connectivity index (χ4n) is 6.08. The molecule has 0 saturated carbocycles. The molecule has 198 valence electrons. The molecule has 4 aromatic rings. The maximum Gasteiger partial charge on any atom is 0.123 e. The third kappa shape index (κ3) is 5.25. The Morgan fingerprint density at radius 2 is 1.76 bits per heavy atom. The second-order valence-corrected chi connectivity index (χ2v) is 11.6. The zero-order chi connectivity index (χ0) is 26.9. The number of nitrogens with zero attached hydrogens (tertiary/aromatic N) is 1. The summed E-state index contributed by atoms with van der Waals surface area (Å²) in [5.74, 6) is -0.188. The Morgan fingerprint density at radius 3 is 2.53 bits per heavy atom. The molecule has 0 aliphatic heterocycles. The first-order valence-electron chi connectivity index (χ1n) is 13.3. The zero-order valence-electron chi connectivity index (χ0n) is 22.3. The average molecular weight is 577 g/mol. The first kappa shape index (κ1) is 26.9. The number of halogens is 2. The highest BCUT2D eigenvalue weighted by Gasteiger charge is 2.43. The van der Waals surface area contributed by atoms with Crippen molar-refractivity contribution >= 4 is 26.7 Å². The predicted octanol–water partition coefficient (Wildman–Crippen LogP) is 7.60. The first-order chi connectivity index (χ1) is 18.3. The minimum atomic E-state index is -1.30. The normalized spacial score (nSPS) is 15.8. The fourth-order valence-corrected chi connectivity index (χ4v) is 6.46. The van der Waals surface area contributed by atoms with Crippen LogP contribution in [0.4, 0.5) is 4.39 Å². The van der Waals surface area contributed by atoms with E-state index in [0.717, 1.165) is 57.6 Å². The summed E-state index contributed by atoms with van der Waals surface area (Å²) in [5.41, 5.74) is 3.77. The Kier molecular flexibility index (Phi) is 7.90. The minimum absolute atomic E-state index is 0.319. The zero-order valence-corrected chi connectivity index (χ0v) is 23.9. The summed E-state index contributed by atoms with van der Waals surface area (Å²) in [6.45, 7) is 0.674. The van der Waals surface area contributed by atoms with Crippen molar-refractivity contribution in [3.05, 3.63) is 111 Å². The molecule has 0 radical (unpaired) electrons. The third-order valence-electron chi connectivity index (χ3n) is 7.92. The van der Waals surface area contributed by atoms with Gasteiger partial charge in [-0.15, -0.1) is 0 Å². The summed E-state index contributed by atoms with van der Waals surface area (Å²) >= 11 is 3.61. The van der Waals surface area contributed by atoms with Gasteiger partial charge >= 0.3 is 0 Å². The van der Waals surface area contributed by atoms with Gasteiger partial charge in [0.25, 0.3) is 0 Å². The Labute approximate surface area is 233 Å². The van der Waals surface area contributed by atoms with Crippen LogP contribution >= 0.6 is 15.9 Å². The van der Waals surface area contributed by atoms with E-state index in [2.05, 4.69) is 57.2 Å². The number of fused-ring (bicyclic) bond motifs is 2. The molecular formula is C33H35BrFNO2. The van der Waals surface area contributed by atoms with Gasteiger partial charge in [-0.3, -0.25) is 0 Å². The molecule has 0 bridgehead atoms. The number of benzene rings is 4. The largest absolute Gasteiger partial charge is 0.496 e. The van der Waals surface area contributed by atoms with Crippen LogP contribution in [-0.4, -0.2) is 37.8 Å². The lowest BCUT2D eigenvalue weighted by molar-refractivity contribution is 0.00290. The molecule has 38 heavy (non-hydrogen) atoms. The number of hydrogen-bond acceptors (Lipinski definition) is 3. The highest BCUT2D eigenvalue weighted by atomic mass is 79.9. The molecule has 2 atom stereocenters. The predicted molar refractivity (Wildman–Crippen MR) is 157 cm³/mol. The summed E-state index contributed by atoms with van der Waals surface area (Å²) < 4.78 is 21.7. The molecule has 5 heteroatoms. The van der Waals surface area contributed by atoms with E-state index in [0.29, 0.717) is 18.7 Å². The summed E-state index contributed by atoms with van der Waals surface area (Å²) in [6, 6.07) is 23.3. The fraction of sp³-hybridized carbons (Fsp3) is 0.333. The van der Waals surface area contributed by atoms with Gasteiger partial charge in [0.1, 0.15) is 17.2 Å². The van der Waals surface area contributed by atoms with Gasteiger partial charge in [0.05, 0.1) is 7.11 Å². The third-order valence-corrected chi connectivity index (χ3v) is 8.42. The second-order valence-electron chi connectivity index (χ2n) is 10.7. The van der Waals surface area contributed by atoms with E-state index in [1.165, 1.54) is 17.2 Å². The molecule has 0 unspecified atom stereocenters. The van der Waals surface area contributed by atoms with Crippen LogP contribution in [0.3, 0.4) is 0 Å². The maximum absolute atomic E-state index is 14.8. The molecule has 1 N–H and O–H groups in total. The van der Waals surface area contributed by atoms with Crippen molar-refractivity contribution in [2.24, 2.45) is 0 Å².